The van der Waals surface area contributed by atoms with Gasteiger partial charge in [0.05, 0.1) is 7.11 Å². The van der Waals surface area contributed by atoms with Crippen LogP contribution in [0, 0.1) is 5.92 Å². The zero-order valence-electron chi connectivity index (χ0n) is 12.1. The molecule has 3 rings (SSSR count). The van der Waals surface area contributed by atoms with Gasteiger partial charge in [-0.1, -0.05) is 25.0 Å². The van der Waals surface area contributed by atoms with Gasteiger partial charge in [0.15, 0.2) is 0 Å². The van der Waals surface area contributed by atoms with Gasteiger partial charge in [-0.05, 0) is 55.8 Å². The van der Waals surface area contributed by atoms with E-state index in [0.717, 1.165) is 17.7 Å². The number of piperidine rings is 1. The lowest BCUT2D eigenvalue weighted by atomic mass is 9.73. The predicted octanol–water partition coefficient (Wildman–Crippen LogP) is 3.67. The van der Waals surface area contributed by atoms with Crippen molar-refractivity contribution < 1.29 is 4.74 Å². The first-order chi connectivity index (χ1) is 9.28. The highest BCUT2D eigenvalue weighted by Crippen LogP contribution is 2.40. The molecule has 2 nitrogen and oxygen atoms in total. The van der Waals surface area contributed by atoms with Crippen LogP contribution in [0.4, 0.5) is 0 Å². The Morgan fingerprint density at radius 2 is 2.05 bits per heavy atom. The molecule has 1 aliphatic carbocycles. The minimum Gasteiger partial charge on any atom is -0.497 e. The van der Waals surface area contributed by atoms with Crippen molar-refractivity contribution in [1.29, 1.82) is 0 Å². The average molecular weight is 259 g/mol. The minimum atomic E-state index is 0.680. The maximum absolute atomic E-state index is 5.37. The molecule has 0 spiro atoms. The van der Waals surface area contributed by atoms with Crippen LogP contribution in [0.5, 0.6) is 5.75 Å². The molecule has 1 aliphatic heterocycles. The Kier molecular flexibility index (Phi) is 3.79. The van der Waals surface area contributed by atoms with Crippen molar-refractivity contribution in [3.05, 3.63) is 29.8 Å². The van der Waals surface area contributed by atoms with Gasteiger partial charge in [0.25, 0.3) is 0 Å². The van der Waals surface area contributed by atoms with Gasteiger partial charge < -0.3 is 9.64 Å². The molecule has 0 radical (unpaired) electrons. The second-order valence-corrected chi connectivity index (χ2v) is 6.26. The lowest BCUT2D eigenvalue weighted by molar-refractivity contribution is 0.0703. The summed E-state index contributed by atoms with van der Waals surface area (Å²) in [7, 11) is 4.07. The molecule has 1 heterocycles. The first-order valence-corrected chi connectivity index (χ1v) is 7.62. The SMILES string of the molecule is COc1cccc(C2CC3CCCCC3N(C)C2)c1. The van der Waals surface area contributed by atoms with E-state index in [1.807, 2.05) is 6.07 Å². The second-order valence-electron chi connectivity index (χ2n) is 6.26. The molecule has 1 aromatic rings. The summed E-state index contributed by atoms with van der Waals surface area (Å²) in [5.74, 6) is 2.58. The van der Waals surface area contributed by atoms with Crippen molar-refractivity contribution in [1.82, 2.24) is 4.90 Å². The fourth-order valence-corrected chi connectivity index (χ4v) is 4.10. The van der Waals surface area contributed by atoms with Crippen LogP contribution in [-0.2, 0) is 0 Å². The van der Waals surface area contributed by atoms with Crippen LogP contribution in [-0.4, -0.2) is 31.6 Å². The first-order valence-electron chi connectivity index (χ1n) is 7.62. The van der Waals surface area contributed by atoms with Gasteiger partial charge in [-0.25, -0.2) is 0 Å². The summed E-state index contributed by atoms with van der Waals surface area (Å²) in [5.41, 5.74) is 1.45. The molecule has 3 unspecified atom stereocenters. The van der Waals surface area contributed by atoms with Crippen LogP contribution in [0.25, 0.3) is 0 Å². The highest BCUT2D eigenvalue weighted by molar-refractivity contribution is 5.31. The quantitative estimate of drug-likeness (QED) is 0.803. The lowest BCUT2D eigenvalue weighted by Gasteiger charge is -2.45. The summed E-state index contributed by atoms with van der Waals surface area (Å²) in [6, 6.07) is 9.50. The Morgan fingerprint density at radius 3 is 2.89 bits per heavy atom. The van der Waals surface area contributed by atoms with E-state index in [1.165, 1.54) is 44.2 Å². The largest absolute Gasteiger partial charge is 0.497 e. The summed E-state index contributed by atoms with van der Waals surface area (Å²) < 4.78 is 5.37. The molecule has 1 saturated carbocycles. The van der Waals surface area contributed by atoms with Crippen LogP contribution in [0.2, 0.25) is 0 Å². The third kappa shape index (κ3) is 2.64. The van der Waals surface area contributed by atoms with Gasteiger partial charge in [-0.3, -0.25) is 0 Å². The van der Waals surface area contributed by atoms with Gasteiger partial charge in [-0.15, -0.1) is 0 Å². The molecule has 0 amide bonds. The molecule has 0 aromatic heterocycles. The van der Waals surface area contributed by atoms with E-state index in [2.05, 4.69) is 30.1 Å². The van der Waals surface area contributed by atoms with Gasteiger partial charge in [0, 0.05) is 12.6 Å². The van der Waals surface area contributed by atoms with Crippen LogP contribution >= 0.6 is 0 Å². The van der Waals surface area contributed by atoms with Gasteiger partial charge in [-0.2, -0.15) is 0 Å². The van der Waals surface area contributed by atoms with Crippen LogP contribution in [0.15, 0.2) is 24.3 Å². The number of benzene rings is 1. The first kappa shape index (κ1) is 13.0. The van der Waals surface area contributed by atoms with Gasteiger partial charge >= 0.3 is 0 Å². The number of hydrogen-bond donors (Lipinski definition) is 0. The van der Waals surface area contributed by atoms with E-state index in [4.69, 9.17) is 4.74 Å². The maximum atomic E-state index is 5.37. The third-order valence-electron chi connectivity index (χ3n) is 5.10. The summed E-state index contributed by atoms with van der Waals surface area (Å²) in [4.78, 5) is 2.61. The van der Waals surface area contributed by atoms with Crippen LogP contribution in [0.3, 0.4) is 0 Å². The van der Waals surface area contributed by atoms with E-state index < -0.39 is 0 Å². The molecule has 0 N–H and O–H groups in total. The van der Waals surface area contributed by atoms with Gasteiger partial charge in [0.2, 0.25) is 0 Å². The molecule has 1 aromatic carbocycles. The lowest BCUT2D eigenvalue weighted by Crippen LogP contribution is -2.47. The van der Waals surface area contributed by atoms with Crippen molar-refractivity contribution in [2.45, 2.75) is 44.1 Å². The fraction of sp³-hybridized carbons (Fsp3) is 0.647. The van der Waals surface area contributed by atoms with E-state index in [0.29, 0.717) is 5.92 Å². The Balaban J connectivity index is 1.78. The van der Waals surface area contributed by atoms with E-state index in [-0.39, 0.29) is 0 Å². The van der Waals surface area contributed by atoms with Crippen LogP contribution < -0.4 is 4.74 Å². The highest BCUT2D eigenvalue weighted by Gasteiger charge is 2.35. The van der Waals surface area contributed by atoms with Crippen molar-refractivity contribution in [3.8, 4) is 5.75 Å². The number of likely N-dealkylation sites (N-methyl/N-ethyl adjacent to an activating group) is 1. The molecule has 2 heteroatoms. The second kappa shape index (κ2) is 5.54. The number of ether oxygens (including phenoxy) is 1. The van der Waals surface area contributed by atoms with E-state index in [9.17, 15) is 0 Å². The number of rotatable bonds is 2. The molecule has 1 saturated heterocycles. The number of methoxy groups -OCH3 is 1. The smallest absolute Gasteiger partial charge is 0.119 e. The summed E-state index contributed by atoms with van der Waals surface area (Å²) in [6.45, 7) is 1.20. The summed E-state index contributed by atoms with van der Waals surface area (Å²) >= 11 is 0. The number of fused-ring (bicyclic) bond motifs is 1. The Labute approximate surface area is 116 Å². The Bertz CT molecular complexity index is 431. The standard InChI is InChI=1S/C17H25NO/c1-18-12-15(10-14-6-3-4-9-17(14)18)13-7-5-8-16(11-13)19-2/h5,7-8,11,14-15,17H,3-4,6,9-10,12H2,1-2H3. The Morgan fingerprint density at radius 1 is 1.21 bits per heavy atom. The zero-order valence-corrected chi connectivity index (χ0v) is 12.1. The zero-order chi connectivity index (χ0) is 13.2. The predicted molar refractivity (Wildman–Crippen MR) is 78.7 cm³/mol. The molecule has 2 fully saturated rings. The minimum absolute atomic E-state index is 0.680. The summed E-state index contributed by atoms with van der Waals surface area (Å²) in [6.07, 6.45) is 7.05. The van der Waals surface area contributed by atoms with Crippen LogP contribution in [0.1, 0.15) is 43.6 Å². The molecule has 19 heavy (non-hydrogen) atoms. The van der Waals surface area contributed by atoms with Crippen molar-refractivity contribution >= 4 is 0 Å². The fourth-order valence-electron chi connectivity index (χ4n) is 4.10. The topological polar surface area (TPSA) is 12.5 Å². The number of likely N-dealkylation sites (tertiary alicyclic amines) is 1. The van der Waals surface area contributed by atoms with Gasteiger partial charge in [0.1, 0.15) is 5.75 Å². The van der Waals surface area contributed by atoms with E-state index in [1.54, 1.807) is 7.11 Å². The molecular weight excluding hydrogens is 234 g/mol. The number of nitrogens with zero attached hydrogens (tertiary/aromatic N) is 1. The summed E-state index contributed by atoms with van der Waals surface area (Å²) in [5, 5.41) is 0. The normalized spacial score (nSPS) is 31.8. The van der Waals surface area contributed by atoms with Crippen molar-refractivity contribution in [3.63, 3.8) is 0 Å². The monoisotopic (exact) mass is 259 g/mol. The number of hydrogen-bond acceptors (Lipinski definition) is 2. The highest BCUT2D eigenvalue weighted by atomic mass is 16.5. The maximum Gasteiger partial charge on any atom is 0.119 e. The molecule has 104 valence electrons. The Hall–Kier alpha value is -1.02. The van der Waals surface area contributed by atoms with Crippen molar-refractivity contribution in [2.24, 2.45) is 5.92 Å². The van der Waals surface area contributed by atoms with E-state index >= 15 is 0 Å². The molecule has 2 aliphatic rings. The molecular formula is C17H25NO. The molecule has 3 atom stereocenters. The molecule has 0 bridgehead atoms. The van der Waals surface area contributed by atoms with Crippen molar-refractivity contribution in [2.75, 3.05) is 20.7 Å². The average Bonchev–Trinajstić information content (AvgIpc) is 2.47. The third-order valence-corrected chi connectivity index (χ3v) is 5.10.